The first-order valence-corrected chi connectivity index (χ1v) is 9.49. The summed E-state index contributed by atoms with van der Waals surface area (Å²) < 4.78 is 5.55. The van der Waals surface area contributed by atoms with E-state index >= 15 is 0 Å². The smallest absolute Gasteiger partial charge is 0.317 e. The Morgan fingerprint density at radius 3 is 2.78 bits per heavy atom. The number of aromatic nitrogens is 1. The van der Waals surface area contributed by atoms with Crippen LogP contribution in [0.3, 0.4) is 0 Å². The number of piperidine rings is 1. The Morgan fingerprint density at radius 2 is 2.11 bits per heavy atom. The van der Waals surface area contributed by atoms with Gasteiger partial charge in [0.1, 0.15) is 5.82 Å². The van der Waals surface area contributed by atoms with Crippen LogP contribution in [0, 0.1) is 11.8 Å². The van der Waals surface area contributed by atoms with E-state index in [0.29, 0.717) is 26.1 Å². The van der Waals surface area contributed by atoms with Crippen molar-refractivity contribution in [3.63, 3.8) is 0 Å². The first-order chi connectivity index (χ1) is 12.9. The molecule has 0 radical (unpaired) electrons. The van der Waals surface area contributed by atoms with Crippen LogP contribution in [0.25, 0.3) is 0 Å². The summed E-state index contributed by atoms with van der Waals surface area (Å²) in [5.41, 5.74) is 0.910. The number of nitrogens with zero attached hydrogens (tertiary/aromatic N) is 3. The minimum Gasteiger partial charge on any atom is -0.481 e. The van der Waals surface area contributed by atoms with E-state index in [2.05, 4.69) is 15.2 Å². The molecule has 1 aromatic rings. The van der Waals surface area contributed by atoms with Gasteiger partial charge in [0.25, 0.3) is 0 Å². The lowest BCUT2D eigenvalue weighted by atomic mass is 9.91. The zero-order valence-electron chi connectivity index (χ0n) is 15.9. The number of pyridine rings is 1. The van der Waals surface area contributed by atoms with Crippen molar-refractivity contribution in [1.29, 1.82) is 0 Å². The average molecular weight is 376 g/mol. The summed E-state index contributed by atoms with van der Waals surface area (Å²) >= 11 is 0. The molecule has 3 rings (SSSR count). The molecule has 2 amide bonds. The number of hydrogen-bond acceptors (Lipinski definition) is 5. The van der Waals surface area contributed by atoms with Gasteiger partial charge in [-0.2, -0.15) is 0 Å². The maximum atomic E-state index is 12.4. The first-order valence-electron chi connectivity index (χ1n) is 9.49. The van der Waals surface area contributed by atoms with Gasteiger partial charge in [-0.25, -0.2) is 9.78 Å². The highest BCUT2D eigenvalue weighted by Crippen LogP contribution is 2.22. The number of carboxylic acid groups (broad SMARTS) is 1. The van der Waals surface area contributed by atoms with Gasteiger partial charge in [0.2, 0.25) is 0 Å². The van der Waals surface area contributed by atoms with Crippen molar-refractivity contribution >= 4 is 17.8 Å². The van der Waals surface area contributed by atoms with E-state index in [9.17, 15) is 14.7 Å². The zero-order chi connectivity index (χ0) is 19.4. The number of anilines is 1. The molecule has 2 aliphatic rings. The van der Waals surface area contributed by atoms with E-state index in [0.717, 1.165) is 24.5 Å². The molecular formula is C19H28N4O4. The lowest BCUT2D eigenvalue weighted by Crippen LogP contribution is -2.49. The van der Waals surface area contributed by atoms with E-state index in [1.807, 2.05) is 26.0 Å². The summed E-state index contributed by atoms with van der Waals surface area (Å²) in [6, 6.07) is 3.70. The number of hydrogen-bond donors (Lipinski definition) is 2. The predicted octanol–water partition coefficient (Wildman–Crippen LogP) is 1.56. The zero-order valence-corrected chi connectivity index (χ0v) is 15.9. The molecule has 0 aliphatic carbocycles. The minimum atomic E-state index is -0.837. The highest BCUT2D eigenvalue weighted by atomic mass is 16.5. The highest BCUT2D eigenvalue weighted by Gasteiger charge is 2.31. The third-order valence-corrected chi connectivity index (χ3v) is 5.11. The standard InChI is InChI=1S/C19H28N4O4/c1-13-7-16(18(24)25)12-23(10-13)19(26)21-9-15-3-4-17(20-8-15)22-5-6-27-14(2)11-22/h3-4,8,13-14,16H,5-7,9-12H2,1-2H3,(H,21,26)(H,24,25). The van der Waals surface area contributed by atoms with Gasteiger partial charge < -0.3 is 25.0 Å². The van der Waals surface area contributed by atoms with Crippen LogP contribution in [0.1, 0.15) is 25.8 Å². The SMILES string of the molecule is CC1CC(C(=O)O)CN(C(=O)NCc2ccc(N3CCOC(C)C3)nc2)C1. The summed E-state index contributed by atoms with van der Waals surface area (Å²) in [7, 11) is 0. The lowest BCUT2D eigenvalue weighted by Gasteiger charge is -2.34. The summed E-state index contributed by atoms with van der Waals surface area (Å²) in [6.45, 7) is 7.59. The molecule has 2 aliphatic heterocycles. The van der Waals surface area contributed by atoms with Crippen molar-refractivity contribution in [2.75, 3.05) is 37.7 Å². The first kappa shape index (κ1) is 19.4. The molecule has 8 heteroatoms. The second kappa shape index (κ2) is 8.56. The van der Waals surface area contributed by atoms with E-state index in [1.165, 1.54) is 0 Å². The minimum absolute atomic E-state index is 0.183. The molecule has 8 nitrogen and oxygen atoms in total. The molecule has 0 saturated carbocycles. The summed E-state index contributed by atoms with van der Waals surface area (Å²) in [6.07, 6.45) is 2.58. The van der Waals surface area contributed by atoms with Crippen LogP contribution in [-0.2, 0) is 16.1 Å². The van der Waals surface area contributed by atoms with Crippen molar-refractivity contribution < 1.29 is 19.4 Å². The summed E-state index contributed by atoms with van der Waals surface area (Å²) in [5, 5.41) is 12.1. The van der Waals surface area contributed by atoms with E-state index < -0.39 is 11.9 Å². The van der Waals surface area contributed by atoms with Gasteiger partial charge in [-0.1, -0.05) is 13.0 Å². The number of aliphatic carboxylic acids is 1. The Bertz CT molecular complexity index is 666. The molecule has 2 fully saturated rings. The number of likely N-dealkylation sites (tertiary alicyclic amines) is 1. The Morgan fingerprint density at radius 1 is 1.30 bits per heavy atom. The van der Waals surface area contributed by atoms with Crippen LogP contribution in [-0.4, -0.2) is 65.9 Å². The lowest BCUT2D eigenvalue weighted by molar-refractivity contribution is -0.143. The fourth-order valence-corrected chi connectivity index (χ4v) is 3.72. The molecular weight excluding hydrogens is 348 g/mol. The number of ether oxygens (including phenoxy) is 1. The summed E-state index contributed by atoms with van der Waals surface area (Å²) in [5.74, 6) is -0.232. The Kier molecular flexibility index (Phi) is 6.15. The molecule has 148 valence electrons. The van der Waals surface area contributed by atoms with Crippen molar-refractivity contribution in [3.05, 3.63) is 23.9 Å². The molecule has 0 bridgehead atoms. The molecule has 2 saturated heterocycles. The van der Waals surface area contributed by atoms with Crippen LogP contribution in [0.15, 0.2) is 18.3 Å². The number of amides is 2. The summed E-state index contributed by atoms with van der Waals surface area (Å²) in [4.78, 5) is 32.0. The topological polar surface area (TPSA) is 95.0 Å². The number of morpholine rings is 1. The van der Waals surface area contributed by atoms with Gasteiger partial charge in [0.05, 0.1) is 18.6 Å². The van der Waals surface area contributed by atoms with Crippen LogP contribution in [0.5, 0.6) is 0 Å². The molecule has 2 N–H and O–H groups in total. The van der Waals surface area contributed by atoms with Crippen LogP contribution >= 0.6 is 0 Å². The average Bonchev–Trinajstić information content (AvgIpc) is 2.66. The van der Waals surface area contributed by atoms with Crippen LogP contribution < -0.4 is 10.2 Å². The van der Waals surface area contributed by atoms with Crippen molar-refractivity contribution in [2.45, 2.75) is 32.9 Å². The maximum absolute atomic E-state index is 12.4. The van der Waals surface area contributed by atoms with E-state index in [-0.39, 0.29) is 24.6 Å². The number of urea groups is 1. The number of carboxylic acids is 1. The molecule has 0 spiro atoms. The fraction of sp³-hybridized carbons (Fsp3) is 0.632. The van der Waals surface area contributed by atoms with Crippen molar-refractivity contribution in [2.24, 2.45) is 11.8 Å². The van der Waals surface area contributed by atoms with Gasteiger partial charge in [-0.3, -0.25) is 4.79 Å². The Hall–Kier alpha value is -2.35. The second-order valence-electron chi connectivity index (χ2n) is 7.59. The highest BCUT2D eigenvalue weighted by molar-refractivity contribution is 5.76. The molecule has 3 unspecified atom stereocenters. The van der Waals surface area contributed by atoms with Crippen LogP contribution in [0.4, 0.5) is 10.6 Å². The Balaban J connectivity index is 1.52. The van der Waals surface area contributed by atoms with E-state index in [1.54, 1.807) is 11.1 Å². The number of rotatable bonds is 4. The number of carbonyl (C=O) groups is 2. The monoisotopic (exact) mass is 376 g/mol. The maximum Gasteiger partial charge on any atom is 0.317 e. The third-order valence-electron chi connectivity index (χ3n) is 5.11. The Labute approximate surface area is 159 Å². The van der Waals surface area contributed by atoms with Crippen molar-refractivity contribution in [3.8, 4) is 0 Å². The molecule has 0 aromatic carbocycles. The normalized spacial score (nSPS) is 25.9. The number of nitrogens with one attached hydrogen (secondary N) is 1. The largest absolute Gasteiger partial charge is 0.481 e. The van der Waals surface area contributed by atoms with Crippen molar-refractivity contribution in [1.82, 2.24) is 15.2 Å². The second-order valence-corrected chi connectivity index (χ2v) is 7.59. The fourth-order valence-electron chi connectivity index (χ4n) is 3.72. The molecule has 3 heterocycles. The van der Waals surface area contributed by atoms with Gasteiger partial charge >= 0.3 is 12.0 Å². The van der Waals surface area contributed by atoms with Gasteiger partial charge in [-0.15, -0.1) is 0 Å². The van der Waals surface area contributed by atoms with Crippen LogP contribution in [0.2, 0.25) is 0 Å². The third kappa shape index (κ3) is 5.09. The van der Waals surface area contributed by atoms with E-state index in [4.69, 9.17) is 4.74 Å². The number of carbonyl (C=O) groups excluding carboxylic acids is 1. The molecule has 3 atom stereocenters. The van der Waals surface area contributed by atoms with Gasteiger partial charge in [0.15, 0.2) is 0 Å². The van der Waals surface area contributed by atoms with Gasteiger partial charge in [-0.05, 0) is 30.9 Å². The quantitative estimate of drug-likeness (QED) is 0.828. The predicted molar refractivity (Wildman–Crippen MR) is 101 cm³/mol. The van der Waals surface area contributed by atoms with Gasteiger partial charge in [0, 0.05) is 38.9 Å². The molecule has 27 heavy (non-hydrogen) atoms. The molecule has 1 aromatic heterocycles.